The Morgan fingerprint density at radius 2 is 1.58 bits per heavy atom. The van der Waals surface area contributed by atoms with E-state index in [-0.39, 0.29) is 6.61 Å². The zero-order valence-corrected chi connectivity index (χ0v) is 15.0. The van der Waals surface area contributed by atoms with Gasteiger partial charge in [-0.1, -0.05) is 84.4 Å². The maximum atomic E-state index is 12.1. The van der Waals surface area contributed by atoms with Crippen LogP contribution in [0.5, 0.6) is 0 Å². The number of halogens is 1. The highest BCUT2D eigenvalue weighted by atomic mass is 35.5. The molecule has 0 fully saturated rings. The SMILES string of the molecule is NC(Cc1ccc(-c2ccccc2)cc1Cl)C(=O)OCc1ccccc1. The Kier molecular flexibility index (Phi) is 6.05. The summed E-state index contributed by atoms with van der Waals surface area (Å²) < 4.78 is 5.29. The summed E-state index contributed by atoms with van der Waals surface area (Å²) in [5.74, 6) is -0.433. The molecule has 1 atom stereocenters. The minimum absolute atomic E-state index is 0.216. The second kappa shape index (κ2) is 8.65. The Morgan fingerprint density at radius 3 is 2.23 bits per heavy atom. The van der Waals surface area contributed by atoms with Crippen molar-refractivity contribution in [2.75, 3.05) is 0 Å². The van der Waals surface area contributed by atoms with E-state index >= 15 is 0 Å². The van der Waals surface area contributed by atoms with Gasteiger partial charge in [0.1, 0.15) is 12.6 Å². The zero-order chi connectivity index (χ0) is 18.4. The van der Waals surface area contributed by atoms with Crippen LogP contribution in [-0.4, -0.2) is 12.0 Å². The Balaban J connectivity index is 1.61. The first-order chi connectivity index (χ1) is 12.6. The van der Waals surface area contributed by atoms with Crippen LogP contribution >= 0.6 is 11.6 Å². The van der Waals surface area contributed by atoms with Gasteiger partial charge in [0.2, 0.25) is 0 Å². The molecule has 0 aliphatic carbocycles. The van der Waals surface area contributed by atoms with Crippen molar-refractivity contribution in [3.8, 4) is 11.1 Å². The molecular weight excluding hydrogens is 346 g/mol. The molecule has 1 unspecified atom stereocenters. The van der Waals surface area contributed by atoms with Crippen molar-refractivity contribution in [3.63, 3.8) is 0 Å². The van der Waals surface area contributed by atoms with E-state index in [4.69, 9.17) is 22.1 Å². The van der Waals surface area contributed by atoms with Crippen LogP contribution in [0.15, 0.2) is 78.9 Å². The first-order valence-electron chi connectivity index (χ1n) is 8.43. The Hall–Kier alpha value is -2.62. The van der Waals surface area contributed by atoms with Crippen molar-refractivity contribution < 1.29 is 9.53 Å². The van der Waals surface area contributed by atoms with Crippen LogP contribution in [0.2, 0.25) is 5.02 Å². The summed E-state index contributed by atoms with van der Waals surface area (Å²) >= 11 is 6.39. The van der Waals surface area contributed by atoms with Gasteiger partial charge in [-0.05, 0) is 34.7 Å². The molecule has 26 heavy (non-hydrogen) atoms. The summed E-state index contributed by atoms with van der Waals surface area (Å²) in [6.07, 6.45) is 0.335. The van der Waals surface area contributed by atoms with E-state index in [9.17, 15) is 4.79 Å². The fraction of sp³-hybridized carbons (Fsp3) is 0.136. The predicted octanol–water partition coefficient (Wildman–Crippen LogP) is 4.62. The van der Waals surface area contributed by atoms with Crippen molar-refractivity contribution in [2.45, 2.75) is 19.1 Å². The molecule has 3 nitrogen and oxygen atoms in total. The van der Waals surface area contributed by atoms with Crippen molar-refractivity contribution >= 4 is 17.6 Å². The van der Waals surface area contributed by atoms with Gasteiger partial charge in [-0.3, -0.25) is 4.79 Å². The van der Waals surface area contributed by atoms with E-state index in [1.165, 1.54) is 0 Å². The van der Waals surface area contributed by atoms with E-state index in [0.29, 0.717) is 11.4 Å². The molecule has 2 N–H and O–H groups in total. The highest BCUT2D eigenvalue weighted by Gasteiger charge is 2.17. The van der Waals surface area contributed by atoms with Crippen molar-refractivity contribution in [3.05, 3.63) is 95.0 Å². The molecule has 4 heteroatoms. The largest absolute Gasteiger partial charge is 0.460 e. The van der Waals surface area contributed by atoms with E-state index in [0.717, 1.165) is 22.3 Å². The molecule has 0 aliphatic heterocycles. The average molecular weight is 366 g/mol. The fourth-order valence-electron chi connectivity index (χ4n) is 2.68. The molecule has 0 amide bonds. The van der Waals surface area contributed by atoms with Gasteiger partial charge in [0.15, 0.2) is 0 Å². The molecule has 0 saturated heterocycles. The van der Waals surface area contributed by atoms with Crippen LogP contribution in [0.3, 0.4) is 0 Å². The molecule has 0 saturated carbocycles. The van der Waals surface area contributed by atoms with Gasteiger partial charge in [-0.25, -0.2) is 0 Å². The van der Waals surface area contributed by atoms with Crippen LogP contribution in [0, 0.1) is 0 Å². The van der Waals surface area contributed by atoms with E-state index in [2.05, 4.69) is 0 Å². The lowest BCUT2D eigenvalue weighted by Crippen LogP contribution is -2.34. The van der Waals surface area contributed by atoms with Gasteiger partial charge < -0.3 is 10.5 Å². The minimum atomic E-state index is -0.751. The lowest BCUT2D eigenvalue weighted by molar-refractivity contribution is -0.146. The third-order valence-corrected chi connectivity index (χ3v) is 4.48. The molecule has 0 radical (unpaired) electrons. The summed E-state index contributed by atoms with van der Waals surface area (Å²) in [5.41, 5.74) is 9.87. The maximum Gasteiger partial charge on any atom is 0.323 e. The second-order valence-corrected chi connectivity index (χ2v) is 6.48. The molecular formula is C22H20ClNO2. The maximum absolute atomic E-state index is 12.1. The molecule has 0 aromatic heterocycles. The molecule has 0 bridgehead atoms. The first kappa shape index (κ1) is 18.2. The van der Waals surface area contributed by atoms with Gasteiger partial charge in [0.05, 0.1) is 0 Å². The van der Waals surface area contributed by atoms with Gasteiger partial charge >= 0.3 is 5.97 Å². The van der Waals surface area contributed by atoms with Gasteiger partial charge in [0, 0.05) is 5.02 Å². The number of hydrogen-bond acceptors (Lipinski definition) is 3. The van der Waals surface area contributed by atoms with Crippen LogP contribution in [0.1, 0.15) is 11.1 Å². The van der Waals surface area contributed by atoms with Crippen LogP contribution in [0.25, 0.3) is 11.1 Å². The van der Waals surface area contributed by atoms with Crippen LogP contribution in [-0.2, 0) is 22.6 Å². The van der Waals surface area contributed by atoms with Crippen molar-refractivity contribution in [2.24, 2.45) is 5.73 Å². The standard InChI is InChI=1S/C22H20ClNO2/c23-20-13-18(17-9-5-2-6-10-17)11-12-19(20)14-21(24)22(25)26-15-16-7-3-1-4-8-16/h1-13,21H,14-15,24H2. The molecule has 0 heterocycles. The van der Waals surface area contributed by atoms with Crippen molar-refractivity contribution in [1.82, 2.24) is 0 Å². The lowest BCUT2D eigenvalue weighted by Gasteiger charge is -2.13. The van der Waals surface area contributed by atoms with Crippen LogP contribution in [0.4, 0.5) is 0 Å². The van der Waals surface area contributed by atoms with Gasteiger partial charge in [-0.15, -0.1) is 0 Å². The number of carbonyl (C=O) groups is 1. The van der Waals surface area contributed by atoms with Gasteiger partial charge in [0.25, 0.3) is 0 Å². The molecule has 3 aromatic carbocycles. The summed E-state index contributed by atoms with van der Waals surface area (Å²) in [7, 11) is 0. The number of benzene rings is 3. The number of ether oxygens (including phenoxy) is 1. The van der Waals surface area contributed by atoms with E-state index < -0.39 is 12.0 Å². The summed E-state index contributed by atoms with van der Waals surface area (Å²) in [6, 6.07) is 24.5. The van der Waals surface area contributed by atoms with Crippen LogP contribution < -0.4 is 5.73 Å². The molecule has 0 spiro atoms. The highest BCUT2D eigenvalue weighted by Crippen LogP contribution is 2.26. The molecule has 3 rings (SSSR count). The quantitative estimate of drug-likeness (QED) is 0.648. The van der Waals surface area contributed by atoms with E-state index in [1.807, 2.05) is 78.9 Å². The number of carbonyl (C=O) groups excluding carboxylic acids is 1. The normalized spacial score (nSPS) is 11.8. The monoisotopic (exact) mass is 365 g/mol. The van der Waals surface area contributed by atoms with E-state index in [1.54, 1.807) is 0 Å². The summed E-state index contributed by atoms with van der Waals surface area (Å²) in [5, 5.41) is 0.595. The number of rotatable bonds is 6. The first-order valence-corrected chi connectivity index (χ1v) is 8.81. The Morgan fingerprint density at radius 1 is 0.923 bits per heavy atom. The van der Waals surface area contributed by atoms with Gasteiger partial charge in [-0.2, -0.15) is 0 Å². The fourth-order valence-corrected chi connectivity index (χ4v) is 2.94. The summed E-state index contributed by atoms with van der Waals surface area (Å²) in [6.45, 7) is 0.216. The third kappa shape index (κ3) is 4.72. The topological polar surface area (TPSA) is 52.3 Å². The van der Waals surface area contributed by atoms with Crippen molar-refractivity contribution in [1.29, 1.82) is 0 Å². The highest BCUT2D eigenvalue weighted by molar-refractivity contribution is 6.31. The molecule has 0 aliphatic rings. The smallest absolute Gasteiger partial charge is 0.323 e. The summed E-state index contributed by atoms with van der Waals surface area (Å²) in [4.78, 5) is 12.1. The number of nitrogens with two attached hydrogens (primary N) is 1. The zero-order valence-electron chi connectivity index (χ0n) is 14.3. The number of hydrogen-bond donors (Lipinski definition) is 1. The Labute approximate surface area is 158 Å². The minimum Gasteiger partial charge on any atom is -0.460 e. The molecule has 132 valence electrons. The average Bonchev–Trinajstić information content (AvgIpc) is 2.69. The molecule has 3 aromatic rings. The Bertz CT molecular complexity index is 866. The second-order valence-electron chi connectivity index (χ2n) is 6.08. The third-order valence-electron chi connectivity index (χ3n) is 4.13. The lowest BCUT2D eigenvalue weighted by atomic mass is 10.0. The predicted molar refractivity (Wildman–Crippen MR) is 105 cm³/mol. The number of esters is 1.